The summed E-state index contributed by atoms with van der Waals surface area (Å²) in [5, 5.41) is 9.98. The predicted octanol–water partition coefficient (Wildman–Crippen LogP) is 3.94. The molecule has 0 unspecified atom stereocenters. The van der Waals surface area contributed by atoms with E-state index in [4.69, 9.17) is 4.74 Å². The molecule has 3 rings (SSSR count). The Balaban J connectivity index is 1.65. The molecule has 1 aliphatic rings. The Morgan fingerprint density at radius 3 is 2.52 bits per heavy atom. The number of methoxy groups -OCH3 is 1. The first-order valence-corrected chi connectivity index (χ1v) is 9.66. The van der Waals surface area contributed by atoms with E-state index in [2.05, 4.69) is 64.4 Å². The number of phenolic OH excluding ortho intramolecular Hbond substituents is 1. The number of nitrogens with zero attached hydrogens (tertiary/aromatic N) is 2. The van der Waals surface area contributed by atoms with E-state index in [0.29, 0.717) is 5.75 Å². The molecular weight excluding hydrogens is 427 g/mol. The smallest absolute Gasteiger partial charge is 0.171 e. The van der Waals surface area contributed by atoms with Gasteiger partial charge in [-0.05, 0) is 71.3 Å². The van der Waals surface area contributed by atoms with Gasteiger partial charge < -0.3 is 14.7 Å². The molecule has 0 aliphatic carbocycles. The van der Waals surface area contributed by atoms with Crippen LogP contribution in [0.5, 0.6) is 11.5 Å². The summed E-state index contributed by atoms with van der Waals surface area (Å²) >= 11 is 2.15. The molecule has 0 aromatic heterocycles. The van der Waals surface area contributed by atoms with E-state index < -0.39 is 0 Å². The molecular formula is C20H25IN2O2. The number of benzene rings is 2. The van der Waals surface area contributed by atoms with Crippen LogP contribution in [-0.4, -0.2) is 43.3 Å². The zero-order valence-electron chi connectivity index (χ0n) is 15.1. The van der Waals surface area contributed by atoms with Crippen molar-refractivity contribution < 1.29 is 9.84 Å². The maximum atomic E-state index is 9.98. The van der Waals surface area contributed by atoms with Crippen molar-refractivity contribution in [2.24, 2.45) is 0 Å². The van der Waals surface area contributed by atoms with Gasteiger partial charge in [-0.25, -0.2) is 0 Å². The number of ether oxygens (including phenoxy) is 1. The highest BCUT2D eigenvalue weighted by molar-refractivity contribution is 14.1. The maximum Gasteiger partial charge on any atom is 0.171 e. The third-order valence-electron chi connectivity index (χ3n) is 5.00. The number of hydrogen-bond acceptors (Lipinski definition) is 4. The van der Waals surface area contributed by atoms with Crippen LogP contribution in [-0.2, 0) is 6.54 Å². The highest BCUT2D eigenvalue weighted by Gasteiger charge is 2.19. The monoisotopic (exact) mass is 452 g/mol. The first-order valence-electron chi connectivity index (χ1n) is 8.58. The second-order valence-electron chi connectivity index (χ2n) is 6.61. The van der Waals surface area contributed by atoms with E-state index in [9.17, 15) is 5.11 Å². The largest absolute Gasteiger partial charge is 0.504 e. The number of anilines is 1. The average molecular weight is 452 g/mol. The number of phenols is 1. The molecule has 1 saturated heterocycles. The first kappa shape index (κ1) is 18.3. The molecule has 2 aromatic carbocycles. The number of aromatic hydroxyl groups is 1. The maximum absolute atomic E-state index is 9.98. The number of hydrogen-bond donors (Lipinski definition) is 1. The molecule has 0 bridgehead atoms. The van der Waals surface area contributed by atoms with Crippen LogP contribution in [0.4, 0.5) is 5.69 Å². The van der Waals surface area contributed by atoms with Gasteiger partial charge in [0.15, 0.2) is 11.5 Å². The Bertz CT molecular complexity index is 756. The standard InChI is InChI=1S/C20H25IN2O2/c1-14-5-4-6-18(15(14)2)23-9-7-22(8-10-23)13-16-11-17(21)20(24)19(12-16)25-3/h4-6,11-12,24H,7-10,13H2,1-3H3. The summed E-state index contributed by atoms with van der Waals surface area (Å²) in [6, 6.07) is 10.5. The van der Waals surface area contributed by atoms with Crippen molar-refractivity contribution in [3.63, 3.8) is 0 Å². The number of halogens is 1. The second-order valence-corrected chi connectivity index (χ2v) is 7.77. The van der Waals surface area contributed by atoms with Gasteiger partial charge in [-0.15, -0.1) is 0 Å². The van der Waals surface area contributed by atoms with Gasteiger partial charge in [0.25, 0.3) is 0 Å². The van der Waals surface area contributed by atoms with Gasteiger partial charge in [0.1, 0.15) is 0 Å². The molecule has 0 radical (unpaired) electrons. The van der Waals surface area contributed by atoms with Gasteiger partial charge in [0, 0.05) is 38.4 Å². The summed E-state index contributed by atoms with van der Waals surface area (Å²) in [5.74, 6) is 0.780. The summed E-state index contributed by atoms with van der Waals surface area (Å²) in [7, 11) is 1.60. The van der Waals surface area contributed by atoms with Crippen molar-refractivity contribution in [3.05, 3.63) is 50.6 Å². The second kappa shape index (κ2) is 7.83. The van der Waals surface area contributed by atoms with E-state index in [0.717, 1.165) is 36.3 Å². The minimum Gasteiger partial charge on any atom is -0.504 e. The number of rotatable bonds is 4. The molecule has 25 heavy (non-hydrogen) atoms. The summed E-state index contributed by atoms with van der Waals surface area (Å²) in [6.07, 6.45) is 0. The molecule has 1 N–H and O–H groups in total. The fraction of sp³-hybridized carbons (Fsp3) is 0.400. The fourth-order valence-electron chi connectivity index (χ4n) is 3.36. The van der Waals surface area contributed by atoms with Gasteiger partial charge in [0.2, 0.25) is 0 Å². The third-order valence-corrected chi connectivity index (χ3v) is 5.83. The summed E-state index contributed by atoms with van der Waals surface area (Å²) in [6.45, 7) is 9.41. The van der Waals surface area contributed by atoms with Gasteiger partial charge in [-0.3, -0.25) is 4.90 Å². The average Bonchev–Trinajstić information content (AvgIpc) is 2.61. The molecule has 1 aliphatic heterocycles. The van der Waals surface area contributed by atoms with Crippen molar-refractivity contribution in [2.45, 2.75) is 20.4 Å². The number of aryl methyl sites for hydroxylation is 1. The van der Waals surface area contributed by atoms with Gasteiger partial charge in [-0.1, -0.05) is 12.1 Å². The zero-order chi connectivity index (χ0) is 18.0. The van der Waals surface area contributed by atoms with Crippen LogP contribution in [0.1, 0.15) is 16.7 Å². The zero-order valence-corrected chi connectivity index (χ0v) is 17.2. The molecule has 5 heteroatoms. The normalized spacial score (nSPS) is 15.4. The lowest BCUT2D eigenvalue weighted by atomic mass is 10.1. The Kier molecular flexibility index (Phi) is 5.74. The van der Waals surface area contributed by atoms with E-state index in [1.807, 2.05) is 12.1 Å². The molecule has 0 spiro atoms. The Morgan fingerprint density at radius 2 is 1.84 bits per heavy atom. The van der Waals surface area contributed by atoms with Crippen molar-refractivity contribution in [3.8, 4) is 11.5 Å². The van der Waals surface area contributed by atoms with Crippen LogP contribution in [0.3, 0.4) is 0 Å². The Hall–Kier alpha value is -1.47. The van der Waals surface area contributed by atoms with E-state index in [1.165, 1.54) is 22.4 Å². The molecule has 134 valence electrons. The van der Waals surface area contributed by atoms with Gasteiger partial charge >= 0.3 is 0 Å². The third kappa shape index (κ3) is 4.03. The van der Waals surface area contributed by atoms with E-state index in [-0.39, 0.29) is 5.75 Å². The topological polar surface area (TPSA) is 35.9 Å². The van der Waals surface area contributed by atoms with Crippen LogP contribution >= 0.6 is 22.6 Å². The Morgan fingerprint density at radius 1 is 1.12 bits per heavy atom. The SMILES string of the molecule is COc1cc(CN2CCN(c3cccc(C)c3C)CC2)cc(I)c1O. The molecule has 1 fully saturated rings. The minimum absolute atomic E-state index is 0.228. The predicted molar refractivity (Wildman–Crippen MR) is 111 cm³/mol. The molecule has 1 heterocycles. The van der Waals surface area contributed by atoms with Gasteiger partial charge in [0.05, 0.1) is 10.7 Å². The molecule has 4 nitrogen and oxygen atoms in total. The van der Waals surface area contributed by atoms with Crippen LogP contribution in [0.2, 0.25) is 0 Å². The summed E-state index contributed by atoms with van der Waals surface area (Å²) < 4.78 is 6.11. The van der Waals surface area contributed by atoms with Gasteiger partial charge in [-0.2, -0.15) is 0 Å². The number of piperazine rings is 1. The lowest BCUT2D eigenvalue weighted by Gasteiger charge is -2.37. The van der Waals surface area contributed by atoms with E-state index in [1.54, 1.807) is 7.11 Å². The quantitative estimate of drug-likeness (QED) is 0.714. The summed E-state index contributed by atoms with van der Waals surface area (Å²) in [5.41, 5.74) is 5.28. The fourth-order valence-corrected chi connectivity index (χ4v) is 4.02. The van der Waals surface area contributed by atoms with E-state index >= 15 is 0 Å². The molecule has 0 amide bonds. The highest BCUT2D eigenvalue weighted by atomic mass is 127. The minimum atomic E-state index is 0.228. The molecule has 2 aromatic rings. The van der Waals surface area contributed by atoms with Crippen LogP contribution in [0.25, 0.3) is 0 Å². The van der Waals surface area contributed by atoms with Crippen molar-refractivity contribution in [1.82, 2.24) is 4.90 Å². The van der Waals surface area contributed by atoms with Crippen LogP contribution in [0, 0.1) is 17.4 Å². The Labute approximate surface area is 163 Å². The lowest BCUT2D eigenvalue weighted by molar-refractivity contribution is 0.249. The van der Waals surface area contributed by atoms with Crippen molar-refractivity contribution in [1.29, 1.82) is 0 Å². The first-order chi connectivity index (χ1) is 12.0. The summed E-state index contributed by atoms with van der Waals surface area (Å²) in [4.78, 5) is 4.95. The molecule has 0 atom stereocenters. The van der Waals surface area contributed by atoms with Crippen molar-refractivity contribution >= 4 is 28.3 Å². The van der Waals surface area contributed by atoms with Crippen LogP contribution in [0.15, 0.2) is 30.3 Å². The highest BCUT2D eigenvalue weighted by Crippen LogP contribution is 2.33. The molecule has 0 saturated carbocycles. The van der Waals surface area contributed by atoms with Crippen LogP contribution < -0.4 is 9.64 Å². The lowest BCUT2D eigenvalue weighted by Crippen LogP contribution is -2.46. The van der Waals surface area contributed by atoms with Crippen molar-refractivity contribution in [2.75, 3.05) is 38.2 Å².